The maximum atomic E-state index is 12.6. The second-order valence-electron chi connectivity index (χ2n) is 5.77. The normalized spacial score (nSPS) is 26.9. The van der Waals surface area contributed by atoms with Gasteiger partial charge in [0.25, 0.3) is 5.91 Å². The number of sulfone groups is 1. The number of thiazole rings is 1. The molecule has 6 nitrogen and oxygen atoms in total. The van der Waals surface area contributed by atoms with Crippen LogP contribution in [0.25, 0.3) is 0 Å². The minimum Gasteiger partial charge on any atom is -0.362 e. The Kier molecular flexibility index (Phi) is 3.69. The number of likely N-dealkylation sites (tertiary alicyclic amines) is 1. The van der Waals surface area contributed by atoms with E-state index in [0.717, 1.165) is 17.4 Å². The number of nitrogens with zero attached hydrogens (tertiary/aromatic N) is 2. The number of anilines is 1. The zero-order valence-corrected chi connectivity index (χ0v) is 13.8. The smallest absolute Gasteiger partial charge is 0.265 e. The predicted molar refractivity (Wildman–Crippen MR) is 82.6 cm³/mol. The lowest BCUT2D eigenvalue weighted by molar-refractivity contribution is 0.0788. The minimum atomic E-state index is -2.89. The number of carbonyl (C=O) groups excluding carboxylic acids is 1. The maximum absolute atomic E-state index is 12.6. The number of fused-ring (bicyclic) bond motifs is 1. The highest BCUT2D eigenvalue weighted by Gasteiger charge is 2.45. The van der Waals surface area contributed by atoms with Gasteiger partial charge in [-0.2, -0.15) is 0 Å². The molecule has 1 aromatic rings. The van der Waals surface area contributed by atoms with Gasteiger partial charge in [-0.15, -0.1) is 0 Å². The summed E-state index contributed by atoms with van der Waals surface area (Å²) in [6.07, 6.45) is 0. The number of aromatic nitrogens is 1. The van der Waals surface area contributed by atoms with Crippen molar-refractivity contribution in [3.8, 4) is 0 Å². The van der Waals surface area contributed by atoms with Gasteiger partial charge in [-0.3, -0.25) is 4.79 Å². The van der Waals surface area contributed by atoms with E-state index in [0.29, 0.717) is 18.0 Å². The minimum absolute atomic E-state index is 0.0130. The monoisotopic (exact) mass is 329 g/mol. The topological polar surface area (TPSA) is 79.4 Å². The Hall–Kier alpha value is -1.15. The molecular weight excluding hydrogens is 310 g/mol. The van der Waals surface area contributed by atoms with Crippen LogP contribution in [-0.4, -0.2) is 55.3 Å². The quantitative estimate of drug-likeness (QED) is 0.895. The molecule has 1 aromatic heterocycles. The molecule has 2 aliphatic rings. The molecule has 21 heavy (non-hydrogen) atoms. The molecular formula is C13H19N3O3S2. The van der Waals surface area contributed by atoms with Crippen LogP contribution >= 0.6 is 11.3 Å². The van der Waals surface area contributed by atoms with Crippen LogP contribution in [0, 0.1) is 18.8 Å². The second kappa shape index (κ2) is 5.24. The van der Waals surface area contributed by atoms with E-state index in [1.165, 1.54) is 11.3 Å². The summed E-state index contributed by atoms with van der Waals surface area (Å²) in [6, 6.07) is 0. The Morgan fingerprint density at radius 2 is 2.00 bits per heavy atom. The molecule has 0 bridgehead atoms. The van der Waals surface area contributed by atoms with Crippen molar-refractivity contribution in [2.45, 2.75) is 13.8 Å². The van der Waals surface area contributed by atoms with Crippen molar-refractivity contribution in [2.75, 3.05) is 36.5 Å². The van der Waals surface area contributed by atoms with Gasteiger partial charge in [0.05, 0.1) is 17.2 Å². The van der Waals surface area contributed by atoms with Crippen LogP contribution in [0.4, 0.5) is 5.13 Å². The average molecular weight is 329 g/mol. The third-order valence-electron chi connectivity index (χ3n) is 4.12. The third-order valence-corrected chi connectivity index (χ3v) is 7.09. The molecule has 3 heterocycles. The predicted octanol–water partition coefficient (Wildman–Crippen LogP) is 1.000. The number of hydrogen-bond donors (Lipinski definition) is 1. The first kappa shape index (κ1) is 14.8. The summed E-state index contributed by atoms with van der Waals surface area (Å²) in [5.74, 6) is 0.666. The largest absolute Gasteiger partial charge is 0.362 e. The van der Waals surface area contributed by atoms with E-state index in [2.05, 4.69) is 10.3 Å². The van der Waals surface area contributed by atoms with Gasteiger partial charge in [-0.05, 0) is 25.7 Å². The highest BCUT2D eigenvalue weighted by Crippen LogP contribution is 2.34. The number of carbonyl (C=O) groups is 1. The summed E-state index contributed by atoms with van der Waals surface area (Å²) >= 11 is 1.38. The molecule has 116 valence electrons. The highest BCUT2D eigenvalue weighted by molar-refractivity contribution is 7.91. The van der Waals surface area contributed by atoms with Gasteiger partial charge in [0.2, 0.25) is 0 Å². The van der Waals surface area contributed by atoms with Crippen molar-refractivity contribution in [1.29, 1.82) is 0 Å². The molecule has 0 spiro atoms. The van der Waals surface area contributed by atoms with Gasteiger partial charge in [0.15, 0.2) is 15.0 Å². The van der Waals surface area contributed by atoms with Crippen LogP contribution in [-0.2, 0) is 9.84 Å². The Morgan fingerprint density at radius 1 is 1.38 bits per heavy atom. The number of hydrogen-bond acceptors (Lipinski definition) is 6. The average Bonchev–Trinajstić information content (AvgIpc) is 2.99. The first-order chi connectivity index (χ1) is 9.89. The molecule has 2 atom stereocenters. The van der Waals surface area contributed by atoms with Crippen molar-refractivity contribution in [1.82, 2.24) is 9.88 Å². The first-order valence-corrected chi connectivity index (χ1v) is 9.74. The van der Waals surface area contributed by atoms with Crippen molar-refractivity contribution < 1.29 is 13.2 Å². The van der Waals surface area contributed by atoms with Crippen molar-refractivity contribution in [3.63, 3.8) is 0 Å². The fourth-order valence-corrected chi connectivity index (χ4v) is 6.37. The summed E-state index contributed by atoms with van der Waals surface area (Å²) in [5, 5.41) is 3.89. The maximum Gasteiger partial charge on any atom is 0.265 e. The van der Waals surface area contributed by atoms with E-state index in [1.807, 2.05) is 13.8 Å². The molecule has 0 aromatic carbocycles. The van der Waals surface area contributed by atoms with Gasteiger partial charge >= 0.3 is 0 Å². The fraction of sp³-hybridized carbons (Fsp3) is 0.692. The number of nitrogens with one attached hydrogen (secondary N) is 1. The zero-order chi connectivity index (χ0) is 15.2. The van der Waals surface area contributed by atoms with E-state index in [9.17, 15) is 13.2 Å². The summed E-state index contributed by atoms with van der Waals surface area (Å²) < 4.78 is 23.2. The Morgan fingerprint density at radius 3 is 2.57 bits per heavy atom. The fourth-order valence-electron chi connectivity index (χ4n) is 3.17. The van der Waals surface area contributed by atoms with E-state index < -0.39 is 9.84 Å². The SMILES string of the molecule is CCNc1nc(C)c(C(=O)N2C[C@@H]3CS(=O)(=O)C[C@@H]3C2)s1. The Bertz CT molecular complexity index is 648. The van der Waals surface area contributed by atoms with Crippen LogP contribution in [0.3, 0.4) is 0 Å². The van der Waals surface area contributed by atoms with Crippen molar-refractivity contribution in [2.24, 2.45) is 11.8 Å². The standard InChI is InChI=1S/C13H19N3O3S2/c1-3-14-13-15-8(2)11(20-13)12(17)16-4-9-6-21(18,19)7-10(9)5-16/h9-10H,3-7H2,1-2H3,(H,14,15)/t9-,10+. The molecule has 3 rings (SSSR count). The van der Waals surface area contributed by atoms with Crippen molar-refractivity contribution >= 4 is 32.2 Å². The summed E-state index contributed by atoms with van der Waals surface area (Å²) in [4.78, 5) is 19.4. The first-order valence-electron chi connectivity index (χ1n) is 7.10. The van der Waals surface area contributed by atoms with Crippen LogP contribution in [0.1, 0.15) is 22.3 Å². The lowest BCUT2D eigenvalue weighted by Crippen LogP contribution is -2.30. The van der Waals surface area contributed by atoms with Gasteiger partial charge in [0.1, 0.15) is 4.88 Å². The summed E-state index contributed by atoms with van der Waals surface area (Å²) in [7, 11) is -2.89. The van der Waals surface area contributed by atoms with E-state index >= 15 is 0 Å². The molecule has 0 radical (unpaired) electrons. The van der Waals surface area contributed by atoms with Crippen LogP contribution in [0.15, 0.2) is 0 Å². The molecule has 0 saturated carbocycles. The Balaban J connectivity index is 1.73. The number of aryl methyl sites for hydroxylation is 1. The molecule has 2 saturated heterocycles. The molecule has 0 aliphatic carbocycles. The molecule has 1 amide bonds. The summed E-state index contributed by atoms with van der Waals surface area (Å²) in [6.45, 7) is 5.70. The molecule has 2 aliphatic heterocycles. The van der Waals surface area contributed by atoms with Gasteiger partial charge in [-0.1, -0.05) is 11.3 Å². The Labute approximate surface area is 128 Å². The molecule has 1 N–H and O–H groups in total. The molecule has 2 fully saturated rings. The van der Waals surface area contributed by atoms with Gasteiger partial charge in [0, 0.05) is 19.6 Å². The van der Waals surface area contributed by atoms with Crippen LogP contribution < -0.4 is 5.32 Å². The third kappa shape index (κ3) is 2.78. The van der Waals surface area contributed by atoms with Crippen molar-refractivity contribution in [3.05, 3.63) is 10.6 Å². The van der Waals surface area contributed by atoms with E-state index in [4.69, 9.17) is 0 Å². The van der Waals surface area contributed by atoms with E-state index in [1.54, 1.807) is 4.90 Å². The van der Waals surface area contributed by atoms with Gasteiger partial charge in [-0.25, -0.2) is 13.4 Å². The second-order valence-corrected chi connectivity index (χ2v) is 8.92. The lowest BCUT2D eigenvalue weighted by Gasteiger charge is -2.16. The highest BCUT2D eigenvalue weighted by atomic mass is 32.2. The number of rotatable bonds is 3. The lowest BCUT2D eigenvalue weighted by atomic mass is 10.0. The molecule has 0 unspecified atom stereocenters. The summed E-state index contributed by atoms with van der Waals surface area (Å²) in [5.41, 5.74) is 0.741. The van der Waals surface area contributed by atoms with E-state index in [-0.39, 0.29) is 29.2 Å². The van der Waals surface area contributed by atoms with Crippen LogP contribution in [0.5, 0.6) is 0 Å². The van der Waals surface area contributed by atoms with Gasteiger partial charge < -0.3 is 10.2 Å². The number of amides is 1. The molecule has 8 heteroatoms. The van der Waals surface area contributed by atoms with Crippen LogP contribution in [0.2, 0.25) is 0 Å². The zero-order valence-electron chi connectivity index (χ0n) is 12.1.